The maximum Gasteiger partial charge on any atom is 0.319 e. The lowest BCUT2D eigenvalue weighted by Gasteiger charge is -2.32. The van der Waals surface area contributed by atoms with Gasteiger partial charge in [0.1, 0.15) is 12.4 Å². The highest BCUT2D eigenvalue weighted by molar-refractivity contribution is 6.30. The van der Waals surface area contributed by atoms with Crippen molar-refractivity contribution in [3.8, 4) is 16.9 Å². The number of nitrogens with zero attached hydrogens (tertiary/aromatic N) is 1. The molecule has 0 saturated carbocycles. The summed E-state index contributed by atoms with van der Waals surface area (Å²) in [7, 11) is 0. The summed E-state index contributed by atoms with van der Waals surface area (Å²) in [5.41, 5.74) is 2.93. The van der Waals surface area contributed by atoms with E-state index in [1.165, 1.54) is 0 Å². The number of carbonyl (C=O) groups excluding carboxylic acids is 1. The lowest BCUT2D eigenvalue weighted by molar-refractivity contribution is 0.193. The summed E-state index contributed by atoms with van der Waals surface area (Å²) in [4.78, 5) is 15.2. The van der Waals surface area contributed by atoms with Gasteiger partial charge in [-0.15, -0.1) is 0 Å². The molecule has 1 saturated heterocycles. The molecule has 0 aromatic heterocycles. The first-order chi connectivity index (χ1) is 17.7. The van der Waals surface area contributed by atoms with Crippen LogP contribution in [-0.4, -0.2) is 56.3 Å². The third-order valence-electron chi connectivity index (χ3n) is 6.37. The van der Waals surface area contributed by atoms with Crippen LogP contribution in [0.1, 0.15) is 19.3 Å². The van der Waals surface area contributed by atoms with Gasteiger partial charge < -0.3 is 25.6 Å². The number of piperidine rings is 1. The molecule has 1 heterocycles. The fourth-order valence-electron chi connectivity index (χ4n) is 4.43. The van der Waals surface area contributed by atoms with Gasteiger partial charge >= 0.3 is 6.03 Å². The van der Waals surface area contributed by atoms with Crippen LogP contribution in [0.15, 0.2) is 78.9 Å². The number of carbonyl (C=O) groups is 1. The first-order valence-electron chi connectivity index (χ1n) is 12.7. The monoisotopic (exact) mass is 506 g/mol. The normalized spacial score (nSPS) is 14.4. The molecule has 0 aliphatic carbocycles. The smallest absolute Gasteiger partial charge is 0.319 e. The fraction of sp³-hybridized carbons (Fsp3) is 0.345. The van der Waals surface area contributed by atoms with E-state index in [9.17, 15) is 4.79 Å². The van der Waals surface area contributed by atoms with E-state index in [1.807, 2.05) is 66.7 Å². The van der Waals surface area contributed by atoms with Gasteiger partial charge in [0.2, 0.25) is 0 Å². The molecule has 1 aliphatic rings. The van der Waals surface area contributed by atoms with Crippen LogP contribution in [-0.2, 0) is 0 Å². The van der Waals surface area contributed by atoms with Crippen molar-refractivity contribution < 1.29 is 9.53 Å². The van der Waals surface area contributed by atoms with Crippen LogP contribution in [0.3, 0.4) is 0 Å². The number of ether oxygens (including phenoxy) is 1. The number of benzene rings is 3. The Morgan fingerprint density at radius 2 is 1.64 bits per heavy atom. The lowest BCUT2D eigenvalue weighted by atomic mass is 10.0. The molecule has 1 fully saturated rings. The van der Waals surface area contributed by atoms with Gasteiger partial charge in [-0.25, -0.2) is 4.79 Å². The Labute approximate surface area is 219 Å². The SMILES string of the molecule is O=C(Nc1ccccc1-c1ccccc1)NC1CCN(CCCNCCOc2ccc(Cl)cc2)CC1. The minimum absolute atomic E-state index is 0.137. The number of hydrogen-bond acceptors (Lipinski definition) is 4. The van der Waals surface area contributed by atoms with Crippen molar-refractivity contribution in [1.29, 1.82) is 0 Å². The van der Waals surface area contributed by atoms with Gasteiger partial charge in [-0.05, 0) is 68.2 Å². The van der Waals surface area contributed by atoms with Crippen molar-refractivity contribution in [3.05, 3.63) is 83.9 Å². The fourth-order valence-corrected chi connectivity index (χ4v) is 4.56. The van der Waals surface area contributed by atoms with Gasteiger partial charge in [-0.1, -0.05) is 60.1 Å². The van der Waals surface area contributed by atoms with E-state index in [1.54, 1.807) is 0 Å². The zero-order chi connectivity index (χ0) is 25.0. The highest BCUT2D eigenvalue weighted by atomic mass is 35.5. The van der Waals surface area contributed by atoms with E-state index < -0.39 is 0 Å². The van der Waals surface area contributed by atoms with Gasteiger partial charge in [0, 0.05) is 36.3 Å². The van der Waals surface area contributed by atoms with E-state index in [0.717, 1.165) is 74.6 Å². The third-order valence-corrected chi connectivity index (χ3v) is 6.62. The minimum Gasteiger partial charge on any atom is -0.492 e. The topological polar surface area (TPSA) is 65.6 Å². The summed E-state index contributed by atoms with van der Waals surface area (Å²) in [6, 6.07) is 25.5. The molecule has 0 radical (unpaired) electrons. The number of urea groups is 1. The Bertz CT molecular complexity index is 1070. The van der Waals surface area contributed by atoms with Crippen LogP contribution in [0.4, 0.5) is 10.5 Å². The quantitative estimate of drug-likeness (QED) is 0.294. The summed E-state index contributed by atoms with van der Waals surface area (Å²) in [6.07, 6.45) is 3.03. The second-order valence-corrected chi connectivity index (χ2v) is 9.47. The minimum atomic E-state index is -0.137. The van der Waals surface area contributed by atoms with Crippen molar-refractivity contribution in [2.45, 2.75) is 25.3 Å². The molecule has 190 valence electrons. The Morgan fingerprint density at radius 1 is 0.917 bits per heavy atom. The Hall–Kier alpha value is -3.06. The van der Waals surface area contributed by atoms with Crippen LogP contribution in [0.25, 0.3) is 11.1 Å². The van der Waals surface area contributed by atoms with Crippen molar-refractivity contribution in [2.75, 3.05) is 44.6 Å². The predicted molar refractivity (Wildman–Crippen MR) is 148 cm³/mol. The number of amides is 2. The van der Waals surface area contributed by atoms with E-state index in [0.29, 0.717) is 11.6 Å². The highest BCUT2D eigenvalue weighted by Gasteiger charge is 2.20. The van der Waals surface area contributed by atoms with E-state index in [2.05, 4.69) is 33.0 Å². The number of rotatable bonds is 11. The molecule has 0 atom stereocenters. The Kier molecular flexibility index (Phi) is 10.0. The number of para-hydroxylation sites is 1. The number of hydrogen-bond donors (Lipinski definition) is 3. The Morgan fingerprint density at radius 3 is 2.42 bits per heavy atom. The van der Waals surface area contributed by atoms with Crippen molar-refractivity contribution in [3.63, 3.8) is 0 Å². The van der Waals surface area contributed by atoms with Gasteiger partial charge in [0.15, 0.2) is 0 Å². The molecule has 7 heteroatoms. The summed E-state index contributed by atoms with van der Waals surface area (Å²) in [5, 5.41) is 10.4. The molecule has 3 aromatic rings. The van der Waals surface area contributed by atoms with Crippen LogP contribution in [0.5, 0.6) is 5.75 Å². The number of anilines is 1. The average molecular weight is 507 g/mol. The summed E-state index contributed by atoms with van der Waals surface area (Å²) in [6.45, 7) is 5.49. The second kappa shape index (κ2) is 13.9. The van der Waals surface area contributed by atoms with Crippen molar-refractivity contribution >= 4 is 23.3 Å². The van der Waals surface area contributed by atoms with Gasteiger partial charge in [0.25, 0.3) is 0 Å². The largest absolute Gasteiger partial charge is 0.492 e. The van der Waals surface area contributed by atoms with E-state index >= 15 is 0 Å². The third kappa shape index (κ3) is 8.26. The molecule has 3 N–H and O–H groups in total. The van der Waals surface area contributed by atoms with E-state index in [4.69, 9.17) is 16.3 Å². The van der Waals surface area contributed by atoms with Crippen LogP contribution < -0.4 is 20.7 Å². The van der Waals surface area contributed by atoms with Crippen molar-refractivity contribution in [2.24, 2.45) is 0 Å². The standard InChI is InChI=1S/C29H35ClN4O2/c30-24-11-13-26(14-12-24)36-22-18-31-17-6-19-34-20-15-25(16-21-34)32-29(35)33-28-10-5-4-9-27(28)23-7-2-1-3-8-23/h1-5,7-14,25,31H,6,15-22H2,(H2,32,33,35). The number of nitrogens with one attached hydrogen (secondary N) is 3. The maximum atomic E-state index is 12.7. The summed E-state index contributed by atoms with van der Waals surface area (Å²) >= 11 is 5.89. The zero-order valence-corrected chi connectivity index (χ0v) is 21.3. The molecule has 4 rings (SSSR count). The summed E-state index contributed by atoms with van der Waals surface area (Å²) < 4.78 is 5.70. The number of halogens is 1. The molecular formula is C29H35ClN4O2. The van der Waals surface area contributed by atoms with Crippen molar-refractivity contribution in [1.82, 2.24) is 15.5 Å². The molecule has 0 bridgehead atoms. The summed E-state index contributed by atoms with van der Waals surface area (Å²) in [5.74, 6) is 0.840. The van der Waals surface area contributed by atoms with E-state index in [-0.39, 0.29) is 12.1 Å². The zero-order valence-electron chi connectivity index (χ0n) is 20.6. The molecule has 0 spiro atoms. The lowest BCUT2D eigenvalue weighted by Crippen LogP contribution is -2.46. The molecule has 2 amide bonds. The average Bonchev–Trinajstić information content (AvgIpc) is 2.91. The molecule has 1 aliphatic heterocycles. The van der Waals surface area contributed by atoms with Gasteiger partial charge in [-0.2, -0.15) is 0 Å². The first kappa shape index (κ1) is 26.0. The Balaban J connectivity index is 1.09. The molecule has 0 unspecified atom stereocenters. The first-order valence-corrected chi connectivity index (χ1v) is 13.1. The highest BCUT2D eigenvalue weighted by Crippen LogP contribution is 2.27. The molecule has 36 heavy (non-hydrogen) atoms. The number of likely N-dealkylation sites (tertiary alicyclic amines) is 1. The van der Waals surface area contributed by atoms with Gasteiger partial charge in [0.05, 0.1) is 5.69 Å². The van der Waals surface area contributed by atoms with Gasteiger partial charge in [-0.3, -0.25) is 0 Å². The van der Waals surface area contributed by atoms with Crippen LogP contribution in [0.2, 0.25) is 5.02 Å². The maximum absolute atomic E-state index is 12.7. The van der Waals surface area contributed by atoms with Crippen LogP contribution >= 0.6 is 11.6 Å². The molecular weight excluding hydrogens is 472 g/mol. The second-order valence-electron chi connectivity index (χ2n) is 9.03. The van der Waals surface area contributed by atoms with Crippen LogP contribution in [0, 0.1) is 0 Å². The predicted octanol–water partition coefficient (Wildman–Crippen LogP) is 5.65. The molecule has 6 nitrogen and oxygen atoms in total. The molecule has 3 aromatic carbocycles.